The number of tetrazole rings is 1. The van der Waals surface area contributed by atoms with Gasteiger partial charge in [-0.25, -0.2) is 9.67 Å². The summed E-state index contributed by atoms with van der Waals surface area (Å²) in [5.41, 5.74) is 0.998. The van der Waals surface area contributed by atoms with Gasteiger partial charge in [0.2, 0.25) is 5.91 Å². The summed E-state index contributed by atoms with van der Waals surface area (Å²) >= 11 is 1.68. The first-order valence-electron chi connectivity index (χ1n) is 6.83. The largest absolute Gasteiger partial charge is 0.337 e. The second kappa shape index (κ2) is 6.30. The highest BCUT2D eigenvalue weighted by molar-refractivity contribution is 7.11. The van der Waals surface area contributed by atoms with Crippen molar-refractivity contribution in [2.75, 3.05) is 7.05 Å². The SMILES string of the molecule is Cc1nc(C(C)C)sc1C(C)N(C)C(=O)Cn1cnnn1. The van der Waals surface area contributed by atoms with Gasteiger partial charge in [0.25, 0.3) is 0 Å². The molecule has 2 aromatic heterocycles. The second-order valence-electron chi connectivity index (χ2n) is 5.34. The average molecular weight is 308 g/mol. The quantitative estimate of drug-likeness (QED) is 0.841. The van der Waals surface area contributed by atoms with Gasteiger partial charge in [-0.3, -0.25) is 4.79 Å². The number of rotatable bonds is 5. The van der Waals surface area contributed by atoms with Crippen molar-refractivity contribution < 1.29 is 4.79 Å². The van der Waals surface area contributed by atoms with Gasteiger partial charge in [-0.15, -0.1) is 16.4 Å². The third-order valence-electron chi connectivity index (χ3n) is 3.39. The molecule has 8 heteroatoms. The predicted octanol–water partition coefficient (Wildman–Crippen LogP) is 1.78. The molecule has 0 bridgehead atoms. The highest BCUT2D eigenvalue weighted by Gasteiger charge is 2.23. The van der Waals surface area contributed by atoms with E-state index in [0.717, 1.165) is 15.6 Å². The fourth-order valence-corrected chi connectivity index (χ4v) is 3.12. The maximum absolute atomic E-state index is 12.3. The topological polar surface area (TPSA) is 76.8 Å². The van der Waals surface area contributed by atoms with Crippen LogP contribution in [0.2, 0.25) is 0 Å². The van der Waals surface area contributed by atoms with Crippen molar-refractivity contribution in [1.29, 1.82) is 0 Å². The fourth-order valence-electron chi connectivity index (χ4n) is 1.96. The number of amides is 1. The van der Waals surface area contributed by atoms with E-state index >= 15 is 0 Å². The third-order valence-corrected chi connectivity index (χ3v) is 5.01. The van der Waals surface area contributed by atoms with Crippen molar-refractivity contribution in [3.8, 4) is 0 Å². The lowest BCUT2D eigenvalue weighted by molar-refractivity contribution is -0.132. The Morgan fingerprint density at radius 1 is 1.43 bits per heavy atom. The first kappa shape index (κ1) is 15.6. The van der Waals surface area contributed by atoms with Crippen molar-refractivity contribution in [2.45, 2.75) is 46.2 Å². The molecule has 1 unspecified atom stereocenters. The van der Waals surface area contributed by atoms with Crippen LogP contribution in [0.4, 0.5) is 0 Å². The fraction of sp³-hybridized carbons (Fsp3) is 0.615. The van der Waals surface area contributed by atoms with Gasteiger partial charge in [0.1, 0.15) is 12.9 Å². The molecule has 114 valence electrons. The molecule has 0 aliphatic carbocycles. The minimum atomic E-state index is -0.0336. The lowest BCUT2D eigenvalue weighted by Crippen LogP contribution is -2.32. The van der Waals surface area contributed by atoms with Gasteiger partial charge in [0.05, 0.1) is 16.7 Å². The number of likely N-dealkylation sites (N-methyl/N-ethyl adjacent to an activating group) is 1. The summed E-state index contributed by atoms with van der Waals surface area (Å²) in [5, 5.41) is 11.9. The minimum Gasteiger partial charge on any atom is -0.337 e. The Balaban J connectivity index is 2.11. The lowest BCUT2D eigenvalue weighted by atomic mass is 10.2. The van der Waals surface area contributed by atoms with Crippen molar-refractivity contribution in [1.82, 2.24) is 30.1 Å². The molecule has 0 N–H and O–H groups in total. The Labute approximate surface area is 128 Å². The van der Waals surface area contributed by atoms with E-state index in [2.05, 4.69) is 34.4 Å². The van der Waals surface area contributed by atoms with E-state index in [1.807, 2.05) is 13.8 Å². The van der Waals surface area contributed by atoms with E-state index in [0.29, 0.717) is 5.92 Å². The van der Waals surface area contributed by atoms with Crippen LogP contribution in [0.3, 0.4) is 0 Å². The molecule has 2 rings (SSSR count). The molecule has 2 heterocycles. The number of carbonyl (C=O) groups excluding carboxylic acids is 1. The van der Waals surface area contributed by atoms with E-state index in [4.69, 9.17) is 0 Å². The summed E-state index contributed by atoms with van der Waals surface area (Å²) in [5.74, 6) is 0.366. The molecule has 0 saturated carbocycles. The Kier molecular flexibility index (Phi) is 4.66. The van der Waals surface area contributed by atoms with Gasteiger partial charge in [0, 0.05) is 17.8 Å². The third kappa shape index (κ3) is 3.44. The summed E-state index contributed by atoms with van der Waals surface area (Å²) in [4.78, 5) is 19.7. The highest BCUT2D eigenvalue weighted by Crippen LogP contribution is 2.31. The Morgan fingerprint density at radius 2 is 2.14 bits per heavy atom. The van der Waals surface area contributed by atoms with Crippen LogP contribution < -0.4 is 0 Å². The molecule has 0 saturated heterocycles. The maximum atomic E-state index is 12.3. The molecule has 0 aliphatic heterocycles. The minimum absolute atomic E-state index is 0.0148. The molecule has 0 spiro atoms. The normalized spacial score (nSPS) is 12.7. The number of carbonyl (C=O) groups is 1. The van der Waals surface area contributed by atoms with Crippen LogP contribution in [0, 0.1) is 6.92 Å². The smallest absolute Gasteiger partial charge is 0.244 e. The van der Waals surface area contributed by atoms with Crippen LogP contribution in [-0.2, 0) is 11.3 Å². The zero-order valence-corrected chi connectivity index (χ0v) is 13.8. The first-order valence-corrected chi connectivity index (χ1v) is 7.65. The molecule has 7 nitrogen and oxygen atoms in total. The molecule has 1 atom stereocenters. The Bertz CT molecular complexity index is 606. The van der Waals surface area contributed by atoms with Crippen LogP contribution in [0.5, 0.6) is 0 Å². The molecule has 0 aliphatic rings. The van der Waals surface area contributed by atoms with Gasteiger partial charge in [-0.1, -0.05) is 13.8 Å². The average Bonchev–Trinajstić information content (AvgIpc) is 3.06. The Hall–Kier alpha value is -1.83. The summed E-state index contributed by atoms with van der Waals surface area (Å²) < 4.78 is 1.42. The molecule has 0 radical (unpaired) electrons. The molecule has 0 fully saturated rings. The van der Waals surface area contributed by atoms with Crippen molar-refractivity contribution >= 4 is 17.2 Å². The summed E-state index contributed by atoms with van der Waals surface area (Å²) in [6.07, 6.45) is 1.44. The van der Waals surface area contributed by atoms with Crippen LogP contribution >= 0.6 is 11.3 Å². The number of hydrogen-bond donors (Lipinski definition) is 0. The van der Waals surface area contributed by atoms with Gasteiger partial charge in [-0.05, 0) is 24.3 Å². The highest BCUT2D eigenvalue weighted by atomic mass is 32.1. The summed E-state index contributed by atoms with van der Waals surface area (Å²) in [6.45, 7) is 8.40. The Morgan fingerprint density at radius 3 is 2.67 bits per heavy atom. The monoisotopic (exact) mass is 308 g/mol. The maximum Gasteiger partial charge on any atom is 0.244 e. The van der Waals surface area contributed by atoms with Crippen LogP contribution in [-0.4, -0.2) is 43.0 Å². The summed E-state index contributed by atoms with van der Waals surface area (Å²) in [6, 6.07) is -0.0148. The van der Waals surface area contributed by atoms with Gasteiger partial charge in [0.15, 0.2) is 0 Å². The molecule has 0 aromatic carbocycles. The number of hydrogen-bond acceptors (Lipinski definition) is 6. The van der Waals surface area contributed by atoms with Crippen molar-refractivity contribution in [3.63, 3.8) is 0 Å². The van der Waals surface area contributed by atoms with Gasteiger partial charge in [-0.2, -0.15) is 0 Å². The zero-order valence-electron chi connectivity index (χ0n) is 12.9. The molecule has 21 heavy (non-hydrogen) atoms. The summed E-state index contributed by atoms with van der Waals surface area (Å²) in [7, 11) is 1.80. The number of aryl methyl sites for hydroxylation is 1. The number of nitrogens with zero attached hydrogens (tertiary/aromatic N) is 6. The van der Waals surface area contributed by atoms with E-state index in [1.54, 1.807) is 23.3 Å². The van der Waals surface area contributed by atoms with E-state index in [-0.39, 0.29) is 18.5 Å². The van der Waals surface area contributed by atoms with Gasteiger partial charge < -0.3 is 4.90 Å². The standard InChI is InChI=1S/C13H20N6OS/c1-8(2)13-15-9(3)12(21-13)10(4)18(5)11(20)6-19-7-14-16-17-19/h7-8,10H,6H2,1-5H3. The first-order chi connectivity index (χ1) is 9.90. The zero-order chi connectivity index (χ0) is 15.6. The predicted molar refractivity (Wildman–Crippen MR) is 79.9 cm³/mol. The van der Waals surface area contributed by atoms with E-state index < -0.39 is 0 Å². The van der Waals surface area contributed by atoms with Crippen molar-refractivity contribution in [3.05, 3.63) is 21.9 Å². The lowest BCUT2D eigenvalue weighted by Gasteiger charge is -2.24. The van der Waals surface area contributed by atoms with Crippen LogP contribution in [0.15, 0.2) is 6.33 Å². The number of thiazole rings is 1. The molecular formula is C13H20N6OS. The van der Waals surface area contributed by atoms with Gasteiger partial charge >= 0.3 is 0 Å². The molecule has 1 amide bonds. The van der Waals surface area contributed by atoms with E-state index in [9.17, 15) is 4.79 Å². The van der Waals surface area contributed by atoms with E-state index in [1.165, 1.54) is 11.0 Å². The second-order valence-corrected chi connectivity index (χ2v) is 6.41. The molecular weight excluding hydrogens is 288 g/mol. The number of aromatic nitrogens is 5. The van der Waals surface area contributed by atoms with Crippen LogP contribution in [0.25, 0.3) is 0 Å². The van der Waals surface area contributed by atoms with Crippen molar-refractivity contribution in [2.24, 2.45) is 0 Å². The van der Waals surface area contributed by atoms with Crippen LogP contribution in [0.1, 0.15) is 48.3 Å². The molecule has 2 aromatic rings.